The van der Waals surface area contributed by atoms with Gasteiger partial charge in [0.15, 0.2) is 0 Å². The van der Waals surface area contributed by atoms with E-state index in [-0.39, 0.29) is 5.56 Å². The van der Waals surface area contributed by atoms with Crippen molar-refractivity contribution in [3.05, 3.63) is 22.6 Å². The minimum absolute atomic E-state index is 0.0340. The highest BCUT2D eigenvalue weighted by atomic mass is 16.1. The van der Waals surface area contributed by atoms with E-state index < -0.39 is 0 Å². The molecule has 2 saturated heterocycles. The first-order valence-corrected chi connectivity index (χ1v) is 6.86. The van der Waals surface area contributed by atoms with Crippen LogP contribution in [0.15, 0.2) is 17.1 Å². The van der Waals surface area contributed by atoms with Crippen LogP contribution in [0.25, 0.3) is 0 Å². The number of aromatic nitrogens is 2. The van der Waals surface area contributed by atoms with Crippen LogP contribution in [0.4, 0.5) is 5.69 Å². The summed E-state index contributed by atoms with van der Waals surface area (Å²) in [4.78, 5) is 14.2. The highest BCUT2D eigenvalue weighted by molar-refractivity contribution is 5.43. The maximum absolute atomic E-state index is 12.0. The molecule has 98 valence electrons. The standard InChI is InChI=1S/C13H20N4O/c18-13-7-12(16-4-1-2-5-16)10-15-17(13)6-3-11-8-14-9-11/h7,10-11,14H,1-6,8-9H2. The molecule has 0 spiro atoms. The van der Waals surface area contributed by atoms with Gasteiger partial charge in [-0.3, -0.25) is 4.79 Å². The fourth-order valence-corrected chi connectivity index (χ4v) is 2.60. The van der Waals surface area contributed by atoms with Gasteiger partial charge < -0.3 is 10.2 Å². The summed E-state index contributed by atoms with van der Waals surface area (Å²) in [5.41, 5.74) is 1.02. The van der Waals surface area contributed by atoms with Crippen LogP contribution in [-0.2, 0) is 6.54 Å². The Bertz CT molecular complexity index is 460. The zero-order valence-corrected chi connectivity index (χ0v) is 10.6. The maximum atomic E-state index is 12.0. The van der Waals surface area contributed by atoms with Crippen LogP contribution in [0.3, 0.4) is 0 Å². The van der Waals surface area contributed by atoms with E-state index in [9.17, 15) is 4.79 Å². The predicted octanol–water partition coefficient (Wildman–Crippen LogP) is 0.453. The minimum atomic E-state index is 0.0340. The summed E-state index contributed by atoms with van der Waals surface area (Å²) in [5, 5.41) is 7.54. The molecule has 1 aromatic rings. The molecule has 1 N–H and O–H groups in total. The van der Waals surface area contributed by atoms with E-state index in [0.717, 1.165) is 50.7 Å². The van der Waals surface area contributed by atoms with Crippen LogP contribution in [0.5, 0.6) is 0 Å². The molecule has 1 aromatic heterocycles. The molecule has 3 rings (SSSR count). The minimum Gasteiger partial charge on any atom is -0.370 e. The summed E-state index contributed by atoms with van der Waals surface area (Å²) in [7, 11) is 0. The fraction of sp³-hybridized carbons (Fsp3) is 0.692. The second kappa shape index (κ2) is 5.10. The molecule has 0 aliphatic carbocycles. The molecule has 18 heavy (non-hydrogen) atoms. The molecule has 0 unspecified atom stereocenters. The number of nitrogens with one attached hydrogen (secondary N) is 1. The molecule has 2 fully saturated rings. The molecular weight excluding hydrogens is 228 g/mol. The van der Waals surface area contributed by atoms with Gasteiger partial charge in [0.2, 0.25) is 0 Å². The molecule has 2 aliphatic heterocycles. The number of nitrogens with zero attached hydrogens (tertiary/aromatic N) is 3. The lowest BCUT2D eigenvalue weighted by molar-refractivity contribution is 0.304. The van der Waals surface area contributed by atoms with E-state index in [1.165, 1.54) is 12.8 Å². The summed E-state index contributed by atoms with van der Waals surface area (Å²) >= 11 is 0. The lowest BCUT2D eigenvalue weighted by Gasteiger charge is -2.26. The Labute approximate surface area is 107 Å². The number of anilines is 1. The molecule has 5 nitrogen and oxygen atoms in total. The Morgan fingerprint density at radius 2 is 2.11 bits per heavy atom. The van der Waals surface area contributed by atoms with Crippen molar-refractivity contribution in [2.45, 2.75) is 25.8 Å². The summed E-state index contributed by atoms with van der Waals surface area (Å²) in [6.07, 6.45) is 5.32. The Hall–Kier alpha value is -1.36. The van der Waals surface area contributed by atoms with E-state index in [1.807, 2.05) is 6.20 Å². The average Bonchev–Trinajstić information content (AvgIpc) is 2.82. The molecular formula is C13H20N4O. The normalized spacial score (nSPS) is 20.1. The van der Waals surface area contributed by atoms with Gasteiger partial charge in [-0.1, -0.05) is 0 Å². The van der Waals surface area contributed by atoms with Gasteiger partial charge in [0.25, 0.3) is 5.56 Å². The Morgan fingerprint density at radius 3 is 2.72 bits per heavy atom. The van der Waals surface area contributed by atoms with Crippen molar-refractivity contribution in [1.29, 1.82) is 0 Å². The molecule has 0 saturated carbocycles. The Balaban J connectivity index is 1.66. The van der Waals surface area contributed by atoms with Gasteiger partial charge in [0.1, 0.15) is 0 Å². The highest BCUT2D eigenvalue weighted by Gasteiger charge is 2.17. The number of hydrogen-bond donors (Lipinski definition) is 1. The van der Waals surface area contributed by atoms with Crippen molar-refractivity contribution in [2.24, 2.45) is 5.92 Å². The monoisotopic (exact) mass is 248 g/mol. The van der Waals surface area contributed by atoms with Crippen molar-refractivity contribution in [1.82, 2.24) is 15.1 Å². The summed E-state index contributed by atoms with van der Waals surface area (Å²) in [6.45, 7) is 5.02. The van der Waals surface area contributed by atoms with Crippen molar-refractivity contribution in [3.8, 4) is 0 Å². The lowest BCUT2D eigenvalue weighted by Crippen LogP contribution is -2.42. The fourth-order valence-electron chi connectivity index (χ4n) is 2.60. The summed E-state index contributed by atoms with van der Waals surface area (Å²) < 4.78 is 1.60. The first kappa shape index (κ1) is 11.7. The van der Waals surface area contributed by atoms with Crippen molar-refractivity contribution >= 4 is 5.69 Å². The van der Waals surface area contributed by atoms with Crippen molar-refractivity contribution in [3.63, 3.8) is 0 Å². The molecule has 5 heteroatoms. The first-order chi connectivity index (χ1) is 8.83. The van der Waals surface area contributed by atoms with Crippen LogP contribution < -0.4 is 15.8 Å². The van der Waals surface area contributed by atoms with E-state index in [0.29, 0.717) is 0 Å². The average molecular weight is 248 g/mol. The van der Waals surface area contributed by atoms with E-state index >= 15 is 0 Å². The Morgan fingerprint density at radius 1 is 1.33 bits per heavy atom. The third-order valence-corrected chi connectivity index (χ3v) is 3.94. The van der Waals surface area contributed by atoms with Gasteiger partial charge in [-0.25, -0.2) is 4.68 Å². The second-order valence-electron chi connectivity index (χ2n) is 5.28. The number of aryl methyl sites for hydroxylation is 1. The quantitative estimate of drug-likeness (QED) is 0.840. The summed E-state index contributed by atoms with van der Waals surface area (Å²) in [6, 6.07) is 1.73. The Kier molecular flexibility index (Phi) is 3.32. The number of rotatable bonds is 4. The molecule has 0 amide bonds. The van der Waals surface area contributed by atoms with Crippen molar-refractivity contribution in [2.75, 3.05) is 31.1 Å². The van der Waals surface area contributed by atoms with E-state index in [4.69, 9.17) is 0 Å². The largest absolute Gasteiger partial charge is 0.370 e. The van der Waals surface area contributed by atoms with Crippen LogP contribution in [-0.4, -0.2) is 36.0 Å². The third kappa shape index (κ3) is 2.41. The molecule has 2 aliphatic rings. The smallest absolute Gasteiger partial charge is 0.268 e. The van der Waals surface area contributed by atoms with Gasteiger partial charge in [-0.2, -0.15) is 5.10 Å². The van der Waals surface area contributed by atoms with Crippen LogP contribution >= 0.6 is 0 Å². The van der Waals surface area contributed by atoms with E-state index in [2.05, 4.69) is 15.3 Å². The lowest BCUT2D eigenvalue weighted by atomic mass is 10.00. The SMILES string of the molecule is O=c1cc(N2CCCC2)cnn1CCC1CNC1. The second-order valence-corrected chi connectivity index (χ2v) is 5.28. The topological polar surface area (TPSA) is 50.2 Å². The third-order valence-electron chi connectivity index (χ3n) is 3.94. The zero-order chi connectivity index (χ0) is 12.4. The van der Waals surface area contributed by atoms with Crippen molar-refractivity contribution < 1.29 is 0 Å². The first-order valence-electron chi connectivity index (χ1n) is 6.86. The van der Waals surface area contributed by atoms with Gasteiger partial charge in [-0.15, -0.1) is 0 Å². The molecule has 3 heterocycles. The highest BCUT2D eigenvalue weighted by Crippen LogP contribution is 2.17. The summed E-state index contributed by atoms with van der Waals surface area (Å²) in [5.74, 6) is 0.719. The van der Waals surface area contributed by atoms with E-state index in [1.54, 1.807) is 10.7 Å². The van der Waals surface area contributed by atoms with Crippen LogP contribution in [0, 0.1) is 5.92 Å². The number of hydrogen-bond acceptors (Lipinski definition) is 4. The maximum Gasteiger partial charge on any atom is 0.268 e. The zero-order valence-electron chi connectivity index (χ0n) is 10.6. The molecule has 0 aromatic carbocycles. The van der Waals surface area contributed by atoms with Gasteiger partial charge in [0, 0.05) is 25.7 Å². The van der Waals surface area contributed by atoms with Crippen LogP contribution in [0.1, 0.15) is 19.3 Å². The van der Waals surface area contributed by atoms with Crippen LogP contribution in [0.2, 0.25) is 0 Å². The molecule has 0 radical (unpaired) electrons. The van der Waals surface area contributed by atoms with Gasteiger partial charge in [-0.05, 0) is 38.3 Å². The van der Waals surface area contributed by atoms with Gasteiger partial charge in [0.05, 0.1) is 11.9 Å². The van der Waals surface area contributed by atoms with Gasteiger partial charge >= 0.3 is 0 Å². The molecule has 0 bridgehead atoms. The predicted molar refractivity (Wildman–Crippen MR) is 70.9 cm³/mol. The molecule has 0 atom stereocenters.